The number of alkyl carbamates (subject to hydrolysis) is 1. The number of ether oxygens (including phenoxy) is 1. The third-order valence-corrected chi connectivity index (χ3v) is 4.25. The van der Waals surface area contributed by atoms with Crippen molar-refractivity contribution < 1.29 is 9.53 Å². The van der Waals surface area contributed by atoms with Gasteiger partial charge in [-0.1, -0.05) is 11.9 Å². The monoisotopic (exact) mass is 258 g/mol. The summed E-state index contributed by atoms with van der Waals surface area (Å²) in [5, 5.41) is 3.02. The van der Waals surface area contributed by atoms with Crippen LogP contribution in [0.1, 0.15) is 27.2 Å². The highest BCUT2D eigenvalue weighted by molar-refractivity contribution is 7.96. The predicted molar refractivity (Wildman–Crippen MR) is 69.8 cm³/mol. The summed E-state index contributed by atoms with van der Waals surface area (Å²) in [6.07, 6.45) is 3.09. The molecule has 4 nitrogen and oxygen atoms in total. The molecule has 3 fully saturated rings. The lowest BCUT2D eigenvalue weighted by atomic mass is 9.67. The van der Waals surface area contributed by atoms with Gasteiger partial charge in [0.1, 0.15) is 5.60 Å². The molecule has 0 radical (unpaired) electrons. The van der Waals surface area contributed by atoms with Crippen LogP contribution in [0.3, 0.4) is 0 Å². The molecule has 0 spiro atoms. The first kappa shape index (κ1) is 13.0. The maximum Gasteiger partial charge on any atom is 0.407 e. The summed E-state index contributed by atoms with van der Waals surface area (Å²) in [7, 11) is 0. The van der Waals surface area contributed by atoms with Crippen LogP contribution in [0.15, 0.2) is 0 Å². The van der Waals surface area contributed by atoms with Gasteiger partial charge in [0.25, 0.3) is 0 Å². The molecule has 0 aromatic carbocycles. The van der Waals surface area contributed by atoms with Crippen LogP contribution >= 0.6 is 11.9 Å². The standard InChI is InChI=1S/C12H22N2O2S/c1-12(2,3)16-11(15)13-10-8-5-9(10)7-14(6-8)17-4/h8-10H,5-7H2,1-4H3,(H,13,15). The van der Waals surface area contributed by atoms with Crippen LogP contribution in [0.2, 0.25) is 0 Å². The Morgan fingerprint density at radius 2 is 1.94 bits per heavy atom. The molecule has 17 heavy (non-hydrogen) atoms. The van der Waals surface area contributed by atoms with E-state index < -0.39 is 5.60 Å². The van der Waals surface area contributed by atoms with Crippen molar-refractivity contribution in [2.45, 2.75) is 38.8 Å². The molecule has 5 heteroatoms. The molecule has 2 heterocycles. The van der Waals surface area contributed by atoms with E-state index in [9.17, 15) is 4.79 Å². The van der Waals surface area contributed by atoms with Crippen molar-refractivity contribution in [1.29, 1.82) is 0 Å². The van der Waals surface area contributed by atoms with Crippen LogP contribution < -0.4 is 5.32 Å². The SMILES string of the molecule is CSN1CC2CC(C1)C2NC(=O)OC(C)(C)C. The fourth-order valence-electron chi connectivity index (χ4n) is 2.67. The number of nitrogens with zero attached hydrogens (tertiary/aromatic N) is 1. The molecule has 2 aliphatic heterocycles. The van der Waals surface area contributed by atoms with E-state index in [1.54, 1.807) is 11.9 Å². The summed E-state index contributed by atoms with van der Waals surface area (Å²) in [6.45, 7) is 7.84. The average molecular weight is 258 g/mol. The zero-order valence-corrected chi connectivity index (χ0v) is 11.8. The zero-order chi connectivity index (χ0) is 12.6. The van der Waals surface area contributed by atoms with Gasteiger partial charge in [-0.3, -0.25) is 4.31 Å². The number of carbonyl (C=O) groups is 1. The predicted octanol–water partition coefficient (Wildman–Crippen LogP) is 2.11. The molecular weight excluding hydrogens is 236 g/mol. The Kier molecular flexibility index (Phi) is 3.59. The van der Waals surface area contributed by atoms with Crippen molar-refractivity contribution in [2.75, 3.05) is 19.3 Å². The Balaban J connectivity index is 1.81. The van der Waals surface area contributed by atoms with E-state index in [0.717, 1.165) is 13.1 Å². The number of hydrogen-bond donors (Lipinski definition) is 1. The van der Waals surface area contributed by atoms with Crippen molar-refractivity contribution in [2.24, 2.45) is 11.8 Å². The second-order valence-electron chi connectivity index (χ2n) is 5.96. The Bertz CT molecular complexity index is 291. The summed E-state index contributed by atoms with van der Waals surface area (Å²) in [5.41, 5.74) is -0.408. The third kappa shape index (κ3) is 3.07. The average Bonchev–Trinajstić information content (AvgIpc) is 2.23. The van der Waals surface area contributed by atoms with Gasteiger partial charge in [0, 0.05) is 19.1 Å². The van der Waals surface area contributed by atoms with Crippen molar-refractivity contribution >= 4 is 18.0 Å². The minimum atomic E-state index is -0.408. The molecule has 1 amide bonds. The quantitative estimate of drug-likeness (QED) is 0.770. The molecule has 1 N–H and O–H groups in total. The molecule has 2 unspecified atom stereocenters. The van der Waals surface area contributed by atoms with Gasteiger partial charge in [-0.25, -0.2) is 4.79 Å². The highest BCUT2D eigenvalue weighted by Gasteiger charge is 2.47. The van der Waals surface area contributed by atoms with Crippen molar-refractivity contribution in [3.63, 3.8) is 0 Å². The van der Waals surface area contributed by atoms with Gasteiger partial charge >= 0.3 is 6.09 Å². The van der Waals surface area contributed by atoms with Gasteiger partial charge in [-0.15, -0.1) is 0 Å². The van der Waals surface area contributed by atoms with Crippen molar-refractivity contribution in [3.05, 3.63) is 0 Å². The molecular formula is C12H22N2O2S. The van der Waals surface area contributed by atoms with E-state index in [4.69, 9.17) is 4.74 Å². The van der Waals surface area contributed by atoms with Crippen molar-refractivity contribution in [1.82, 2.24) is 9.62 Å². The van der Waals surface area contributed by atoms with Crippen LogP contribution in [0.5, 0.6) is 0 Å². The first-order valence-corrected chi connectivity index (χ1v) is 7.36. The number of hydrogen-bond acceptors (Lipinski definition) is 4. The molecule has 3 aliphatic rings. The molecule has 2 atom stereocenters. The molecule has 3 rings (SSSR count). The molecule has 0 aromatic rings. The summed E-state index contributed by atoms with van der Waals surface area (Å²) in [4.78, 5) is 11.7. The minimum absolute atomic E-state index is 0.269. The molecule has 2 saturated heterocycles. The summed E-state index contributed by atoms with van der Waals surface area (Å²) in [5.74, 6) is 1.21. The van der Waals surface area contributed by atoms with Crippen LogP contribution in [0.25, 0.3) is 0 Å². The van der Waals surface area contributed by atoms with E-state index in [-0.39, 0.29) is 6.09 Å². The second kappa shape index (κ2) is 4.69. The van der Waals surface area contributed by atoms with Crippen LogP contribution in [-0.4, -0.2) is 41.4 Å². The third-order valence-electron chi connectivity index (χ3n) is 3.44. The summed E-state index contributed by atoms with van der Waals surface area (Å²) in [6, 6.07) is 0.327. The fraction of sp³-hybridized carbons (Fsp3) is 0.917. The Hall–Kier alpha value is -0.420. The summed E-state index contributed by atoms with van der Waals surface area (Å²) < 4.78 is 7.67. The van der Waals surface area contributed by atoms with E-state index in [2.05, 4.69) is 15.9 Å². The lowest BCUT2D eigenvalue weighted by Crippen LogP contribution is -2.63. The van der Waals surface area contributed by atoms with Crippen LogP contribution in [-0.2, 0) is 4.74 Å². The zero-order valence-electron chi connectivity index (χ0n) is 11.0. The Morgan fingerprint density at radius 1 is 1.35 bits per heavy atom. The van der Waals surface area contributed by atoms with E-state index in [1.165, 1.54) is 6.42 Å². The number of nitrogens with one attached hydrogen (secondary N) is 1. The van der Waals surface area contributed by atoms with E-state index >= 15 is 0 Å². The number of rotatable bonds is 2. The van der Waals surface area contributed by atoms with Crippen molar-refractivity contribution in [3.8, 4) is 0 Å². The molecule has 1 aliphatic carbocycles. The number of fused-ring (bicyclic) bond motifs is 2. The normalized spacial score (nSPS) is 32.8. The van der Waals surface area contributed by atoms with Gasteiger partial charge in [0.05, 0.1) is 0 Å². The number of carbonyl (C=O) groups excluding carboxylic acids is 1. The maximum atomic E-state index is 11.7. The first-order valence-electron chi connectivity index (χ1n) is 6.17. The maximum absolute atomic E-state index is 11.7. The minimum Gasteiger partial charge on any atom is -0.444 e. The van der Waals surface area contributed by atoms with Gasteiger partial charge in [0.2, 0.25) is 0 Å². The smallest absolute Gasteiger partial charge is 0.407 e. The first-order chi connectivity index (χ1) is 7.89. The topological polar surface area (TPSA) is 41.6 Å². The Morgan fingerprint density at radius 3 is 2.41 bits per heavy atom. The number of amides is 1. The highest BCUT2D eigenvalue weighted by Crippen LogP contribution is 2.41. The van der Waals surface area contributed by atoms with Crippen LogP contribution in [0, 0.1) is 11.8 Å². The largest absolute Gasteiger partial charge is 0.444 e. The van der Waals surface area contributed by atoms with Gasteiger partial charge in [-0.2, -0.15) is 0 Å². The lowest BCUT2D eigenvalue weighted by molar-refractivity contribution is 0.00695. The highest BCUT2D eigenvalue weighted by atomic mass is 32.2. The molecule has 2 bridgehead atoms. The second-order valence-corrected chi connectivity index (χ2v) is 6.84. The van der Waals surface area contributed by atoms with E-state index in [0.29, 0.717) is 17.9 Å². The van der Waals surface area contributed by atoms with Gasteiger partial charge in [-0.05, 0) is 45.3 Å². The van der Waals surface area contributed by atoms with Gasteiger partial charge in [0.15, 0.2) is 0 Å². The van der Waals surface area contributed by atoms with Crippen LogP contribution in [0.4, 0.5) is 4.79 Å². The molecule has 0 aromatic heterocycles. The fourth-order valence-corrected chi connectivity index (χ4v) is 3.35. The van der Waals surface area contributed by atoms with Gasteiger partial charge < -0.3 is 10.1 Å². The molecule has 1 saturated carbocycles. The Labute approximate surface area is 108 Å². The molecule has 98 valence electrons. The lowest BCUT2D eigenvalue weighted by Gasteiger charge is -2.52. The van der Waals surface area contributed by atoms with E-state index in [1.807, 2.05) is 20.8 Å². The summed E-state index contributed by atoms with van der Waals surface area (Å²) >= 11 is 1.80. The number of piperidine rings is 2.